The molecule has 3 nitrogen and oxygen atoms in total. The number of ether oxygens (including phenoxy) is 1. The van der Waals surface area contributed by atoms with Crippen molar-refractivity contribution in [2.45, 2.75) is 31.8 Å². The number of nitrogens with one attached hydrogen (secondary N) is 1. The van der Waals surface area contributed by atoms with Gasteiger partial charge >= 0.3 is 0 Å². The van der Waals surface area contributed by atoms with Gasteiger partial charge in [-0.1, -0.05) is 0 Å². The minimum absolute atomic E-state index is 0.308. The molecular weight excluding hydrogens is 176 g/mol. The minimum atomic E-state index is 0.308. The van der Waals surface area contributed by atoms with Gasteiger partial charge in [0.2, 0.25) is 0 Å². The number of hydrogen-bond donors (Lipinski definition) is 1. The summed E-state index contributed by atoms with van der Waals surface area (Å²) in [7, 11) is 0. The van der Waals surface area contributed by atoms with Crippen molar-refractivity contribution >= 4 is 0 Å². The van der Waals surface area contributed by atoms with E-state index < -0.39 is 0 Å². The molecule has 1 unspecified atom stereocenters. The maximum absolute atomic E-state index is 8.79. The molecule has 2 aliphatic rings. The summed E-state index contributed by atoms with van der Waals surface area (Å²) in [6.07, 6.45) is 4.89. The van der Waals surface area contributed by atoms with Gasteiger partial charge in [0.05, 0.1) is 18.8 Å². The van der Waals surface area contributed by atoms with Crippen molar-refractivity contribution in [1.82, 2.24) is 5.32 Å². The highest BCUT2D eigenvalue weighted by Crippen LogP contribution is 2.31. The van der Waals surface area contributed by atoms with Gasteiger partial charge in [-0.05, 0) is 31.6 Å². The molecular formula is C11H18N2O. The smallest absolute Gasteiger partial charge is 0.0728 e. The first kappa shape index (κ1) is 9.95. The van der Waals surface area contributed by atoms with Crippen molar-refractivity contribution in [3.05, 3.63) is 0 Å². The summed E-state index contributed by atoms with van der Waals surface area (Å²) in [6.45, 7) is 2.84. The quantitative estimate of drug-likeness (QED) is 0.684. The molecule has 78 valence electrons. The second-order valence-corrected chi connectivity index (χ2v) is 4.35. The van der Waals surface area contributed by atoms with Gasteiger partial charge in [0.1, 0.15) is 0 Å². The first-order chi connectivity index (χ1) is 6.90. The van der Waals surface area contributed by atoms with Gasteiger partial charge in [-0.3, -0.25) is 0 Å². The minimum Gasteiger partial charge on any atom is -0.375 e. The molecule has 1 saturated carbocycles. The Morgan fingerprint density at radius 2 is 2.00 bits per heavy atom. The fourth-order valence-electron chi connectivity index (χ4n) is 2.51. The van der Waals surface area contributed by atoms with Crippen LogP contribution in [-0.2, 0) is 4.74 Å². The first-order valence-corrected chi connectivity index (χ1v) is 5.62. The van der Waals surface area contributed by atoms with Crippen LogP contribution in [0, 0.1) is 23.2 Å². The van der Waals surface area contributed by atoms with E-state index in [1.165, 1.54) is 12.8 Å². The van der Waals surface area contributed by atoms with E-state index in [0.29, 0.717) is 17.9 Å². The lowest BCUT2D eigenvalue weighted by Gasteiger charge is -2.34. The SMILES string of the molecule is N#CC1CCC(C2CNCCO2)CC1. The molecule has 2 fully saturated rings. The van der Waals surface area contributed by atoms with Gasteiger partial charge in [0.25, 0.3) is 0 Å². The molecule has 14 heavy (non-hydrogen) atoms. The van der Waals surface area contributed by atoms with Gasteiger partial charge in [0.15, 0.2) is 0 Å². The van der Waals surface area contributed by atoms with Crippen LogP contribution in [0.3, 0.4) is 0 Å². The van der Waals surface area contributed by atoms with Crippen molar-refractivity contribution in [3.8, 4) is 6.07 Å². The second-order valence-electron chi connectivity index (χ2n) is 4.35. The second kappa shape index (κ2) is 4.77. The third-order valence-corrected chi connectivity index (χ3v) is 3.44. The molecule has 1 atom stereocenters. The number of nitrogens with zero attached hydrogens (tertiary/aromatic N) is 1. The molecule has 1 heterocycles. The van der Waals surface area contributed by atoms with E-state index in [0.717, 1.165) is 32.5 Å². The lowest BCUT2D eigenvalue weighted by Crippen LogP contribution is -2.43. The van der Waals surface area contributed by atoms with Crippen LogP contribution in [0.4, 0.5) is 0 Å². The van der Waals surface area contributed by atoms with Crippen LogP contribution >= 0.6 is 0 Å². The molecule has 0 bridgehead atoms. The molecule has 2 rings (SSSR count). The molecule has 0 radical (unpaired) electrons. The van der Waals surface area contributed by atoms with Gasteiger partial charge in [-0.15, -0.1) is 0 Å². The maximum atomic E-state index is 8.79. The molecule has 0 amide bonds. The molecule has 3 heteroatoms. The van der Waals surface area contributed by atoms with E-state index in [9.17, 15) is 0 Å². The fourth-order valence-corrected chi connectivity index (χ4v) is 2.51. The van der Waals surface area contributed by atoms with E-state index in [-0.39, 0.29) is 0 Å². The van der Waals surface area contributed by atoms with Crippen LogP contribution in [-0.4, -0.2) is 25.8 Å². The topological polar surface area (TPSA) is 45.0 Å². The molecule has 1 saturated heterocycles. The highest BCUT2D eigenvalue weighted by Gasteiger charge is 2.28. The standard InChI is InChI=1S/C11H18N2O/c12-7-9-1-3-10(4-2-9)11-8-13-5-6-14-11/h9-11,13H,1-6,8H2. The Kier molecular flexibility index (Phi) is 3.39. The highest BCUT2D eigenvalue weighted by molar-refractivity contribution is 4.89. The molecule has 0 aromatic carbocycles. The molecule has 0 spiro atoms. The molecule has 1 aliphatic heterocycles. The van der Waals surface area contributed by atoms with Crippen LogP contribution in [0.25, 0.3) is 0 Å². The Bertz CT molecular complexity index is 210. The van der Waals surface area contributed by atoms with Crippen LogP contribution in [0.15, 0.2) is 0 Å². The van der Waals surface area contributed by atoms with E-state index in [4.69, 9.17) is 10.00 Å². The van der Waals surface area contributed by atoms with Gasteiger partial charge < -0.3 is 10.1 Å². The predicted molar refractivity (Wildman–Crippen MR) is 53.7 cm³/mol. The van der Waals surface area contributed by atoms with E-state index >= 15 is 0 Å². The monoisotopic (exact) mass is 194 g/mol. The normalized spacial score (nSPS) is 38.9. The fraction of sp³-hybridized carbons (Fsp3) is 0.909. The molecule has 1 N–H and O–H groups in total. The Morgan fingerprint density at radius 1 is 1.21 bits per heavy atom. The Hall–Kier alpha value is -0.590. The summed E-state index contributed by atoms with van der Waals surface area (Å²) in [6, 6.07) is 2.37. The molecule has 0 aromatic rings. The lowest BCUT2D eigenvalue weighted by molar-refractivity contribution is -0.0212. The number of rotatable bonds is 1. The third kappa shape index (κ3) is 2.26. The maximum Gasteiger partial charge on any atom is 0.0728 e. The van der Waals surface area contributed by atoms with Crippen molar-refractivity contribution in [1.29, 1.82) is 5.26 Å². The van der Waals surface area contributed by atoms with Crippen LogP contribution < -0.4 is 5.32 Å². The zero-order valence-corrected chi connectivity index (χ0v) is 8.54. The van der Waals surface area contributed by atoms with Gasteiger partial charge in [-0.25, -0.2) is 0 Å². The lowest BCUT2D eigenvalue weighted by atomic mass is 9.80. The average molecular weight is 194 g/mol. The average Bonchev–Trinajstić information content (AvgIpc) is 2.30. The van der Waals surface area contributed by atoms with Crippen LogP contribution in [0.5, 0.6) is 0 Å². The summed E-state index contributed by atoms with van der Waals surface area (Å²) in [5.74, 6) is 0.996. The number of morpholine rings is 1. The summed E-state index contributed by atoms with van der Waals surface area (Å²) in [5.41, 5.74) is 0. The Labute approximate surface area is 85.4 Å². The first-order valence-electron chi connectivity index (χ1n) is 5.62. The van der Waals surface area contributed by atoms with Crippen molar-refractivity contribution in [2.24, 2.45) is 11.8 Å². The number of hydrogen-bond acceptors (Lipinski definition) is 3. The van der Waals surface area contributed by atoms with Crippen molar-refractivity contribution in [2.75, 3.05) is 19.7 Å². The van der Waals surface area contributed by atoms with Crippen LogP contribution in [0.2, 0.25) is 0 Å². The van der Waals surface area contributed by atoms with Gasteiger partial charge in [0, 0.05) is 19.0 Å². The van der Waals surface area contributed by atoms with Crippen molar-refractivity contribution in [3.63, 3.8) is 0 Å². The largest absolute Gasteiger partial charge is 0.375 e. The summed E-state index contributed by atoms with van der Waals surface area (Å²) >= 11 is 0. The zero-order chi connectivity index (χ0) is 9.80. The van der Waals surface area contributed by atoms with E-state index in [2.05, 4.69) is 11.4 Å². The Morgan fingerprint density at radius 3 is 2.57 bits per heavy atom. The highest BCUT2D eigenvalue weighted by atomic mass is 16.5. The van der Waals surface area contributed by atoms with Crippen molar-refractivity contribution < 1.29 is 4.74 Å². The predicted octanol–water partition coefficient (Wildman–Crippen LogP) is 1.30. The summed E-state index contributed by atoms with van der Waals surface area (Å²) < 4.78 is 5.74. The molecule has 0 aromatic heterocycles. The summed E-state index contributed by atoms with van der Waals surface area (Å²) in [5, 5.41) is 12.2. The van der Waals surface area contributed by atoms with E-state index in [1.807, 2.05) is 0 Å². The van der Waals surface area contributed by atoms with Crippen LogP contribution in [0.1, 0.15) is 25.7 Å². The van der Waals surface area contributed by atoms with E-state index in [1.54, 1.807) is 0 Å². The molecule has 1 aliphatic carbocycles. The summed E-state index contributed by atoms with van der Waals surface area (Å²) in [4.78, 5) is 0. The number of nitriles is 1. The zero-order valence-electron chi connectivity index (χ0n) is 8.54. The Balaban J connectivity index is 1.79. The van der Waals surface area contributed by atoms with Gasteiger partial charge in [-0.2, -0.15) is 5.26 Å². The third-order valence-electron chi connectivity index (χ3n) is 3.44.